The molecule has 22 heavy (non-hydrogen) atoms. The molecule has 0 radical (unpaired) electrons. The van der Waals surface area contributed by atoms with Crippen LogP contribution in [0, 0.1) is 6.92 Å². The molecule has 0 spiro atoms. The van der Waals surface area contributed by atoms with Crippen LogP contribution in [0.25, 0.3) is 0 Å². The van der Waals surface area contributed by atoms with E-state index in [1.807, 2.05) is 12.1 Å². The summed E-state index contributed by atoms with van der Waals surface area (Å²) in [4.78, 5) is 6.78. The predicted octanol–water partition coefficient (Wildman–Crippen LogP) is 2.17. The first kappa shape index (κ1) is 15.0. The van der Waals surface area contributed by atoms with Gasteiger partial charge in [-0.15, -0.1) is 0 Å². The van der Waals surface area contributed by atoms with Gasteiger partial charge in [-0.3, -0.25) is 0 Å². The number of nitrogens with zero attached hydrogens (tertiary/aromatic N) is 3. The zero-order chi connectivity index (χ0) is 15.7. The molecular formula is C15H19N3O3S. The second-order valence-corrected chi connectivity index (χ2v) is 7.69. The molecular weight excluding hydrogens is 302 g/mol. The topological polar surface area (TPSA) is 76.3 Å². The fourth-order valence-corrected chi connectivity index (χ4v) is 3.81. The molecule has 0 aliphatic carbocycles. The maximum atomic E-state index is 12.0. The Kier molecular flexibility index (Phi) is 3.90. The fourth-order valence-electron chi connectivity index (χ4n) is 2.91. The van der Waals surface area contributed by atoms with Gasteiger partial charge in [-0.1, -0.05) is 17.3 Å². The van der Waals surface area contributed by atoms with E-state index in [0.717, 1.165) is 25.1 Å². The molecule has 118 valence electrons. The van der Waals surface area contributed by atoms with Gasteiger partial charge < -0.3 is 9.42 Å². The Hall–Kier alpha value is -1.89. The van der Waals surface area contributed by atoms with E-state index in [1.165, 1.54) is 6.26 Å². The minimum Gasteiger partial charge on any atom is -0.370 e. The average molecular weight is 321 g/mol. The lowest BCUT2D eigenvalue weighted by molar-refractivity contribution is 0.331. The molecule has 1 fully saturated rings. The van der Waals surface area contributed by atoms with Crippen molar-refractivity contribution in [1.82, 2.24) is 10.1 Å². The number of benzene rings is 1. The summed E-state index contributed by atoms with van der Waals surface area (Å²) in [5.41, 5.74) is 0.755. The van der Waals surface area contributed by atoms with Gasteiger partial charge in [0.25, 0.3) is 0 Å². The predicted molar refractivity (Wildman–Crippen MR) is 82.8 cm³/mol. The van der Waals surface area contributed by atoms with Gasteiger partial charge in [-0.25, -0.2) is 8.42 Å². The third-order valence-corrected chi connectivity index (χ3v) is 5.06. The molecule has 2 aromatic rings. The van der Waals surface area contributed by atoms with Gasteiger partial charge in [-0.05, 0) is 31.9 Å². The van der Waals surface area contributed by atoms with Crippen LogP contribution in [0.5, 0.6) is 0 Å². The van der Waals surface area contributed by atoms with Gasteiger partial charge in [0, 0.05) is 19.3 Å². The SMILES string of the molecule is Cc1noc(C2CCCN(c3ccccc3S(C)(=O)=O)C2)n1. The molecule has 6 nitrogen and oxygen atoms in total. The number of rotatable bonds is 3. The van der Waals surface area contributed by atoms with E-state index in [2.05, 4.69) is 15.0 Å². The highest BCUT2D eigenvalue weighted by atomic mass is 32.2. The number of hydrogen-bond acceptors (Lipinski definition) is 6. The highest BCUT2D eigenvalue weighted by Crippen LogP contribution is 2.32. The lowest BCUT2D eigenvalue weighted by atomic mass is 9.97. The summed E-state index contributed by atoms with van der Waals surface area (Å²) in [5, 5.41) is 3.85. The van der Waals surface area contributed by atoms with E-state index < -0.39 is 9.84 Å². The standard InChI is InChI=1S/C15H19N3O3S/c1-11-16-15(21-17-11)12-6-5-9-18(10-12)13-7-3-4-8-14(13)22(2,19)20/h3-4,7-8,12H,5-6,9-10H2,1-2H3. The van der Waals surface area contributed by atoms with Gasteiger partial charge >= 0.3 is 0 Å². The van der Waals surface area contributed by atoms with Gasteiger partial charge in [0.2, 0.25) is 5.89 Å². The number of aryl methyl sites for hydroxylation is 1. The number of sulfone groups is 1. The van der Waals surface area contributed by atoms with Gasteiger partial charge in [-0.2, -0.15) is 4.98 Å². The maximum absolute atomic E-state index is 12.0. The quantitative estimate of drug-likeness (QED) is 0.862. The van der Waals surface area contributed by atoms with Crippen molar-refractivity contribution in [3.8, 4) is 0 Å². The van der Waals surface area contributed by atoms with Crippen LogP contribution < -0.4 is 4.90 Å². The van der Waals surface area contributed by atoms with E-state index in [9.17, 15) is 8.42 Å². The second-order valence-electron chi connectivity index (χ2n) is 5.70. The third kappa shape index (κ3) is 2.99. The van der Waals surface area contributed by atoms with Gasteiger partial charge in [0.15, 0.2) is 15.7 Å². The molecule has 1 aromatic heterocycles. The molecule has 0 bridgehead atoms. The molecule has 3 rings (SSSR count). The molecule has 0 N–H and O–H groups in total. The van der Waals surface area contributed by atoms with E-state index >= 15 is 0 Å². The Labute approximate surface area is 130 Å². The third-order valence-electron chi connectivity index (χ3n) is 3.92. The monoisotopic (exact) mass is 321 g/mol. The highest BCUT2D eigenvalue weighted by molar-refractivity contribution is 7.90. The molecule has 0 saturated carbocycles. The van der Waals surface area contributed by atoms with E-state index in [1.54, 1.807) is 19.1 Å². The van der Waals surface area contributed by atoms with E-state index in [4.69, 9.17) is 4.52 Å². The van der Waals surface area contributed by atoms with Crippen LogP contribution in [-0.2, 0) is 9.84 Å². The number of piperidine rings is 1. The van der Waals surface area contributed by atoms with Crippen LogP contribution in [0.1, 0.15) is 30.5 Å². The first-order chi connectivity index (χ1) is 10.4. The summed E-state index contributed by atoms with van der Waals surface area (Å²) < 4.78 is 29.2. The summed E-state index contributed by atoms with van der Waals surface area (Å²) in [5.74, 6) is 1.41. The molecule has 1 aliphatic rings. The van der Waals surface area contributed by atoms with E-state index in [-0.39, 0.29) is 5.92 Å². The van der Waals surface area contributed by atoms with Crippen molar-refractivity contribution in [2.24, 2.45) is 0 Å². The minimum atomic E-state index is -3.25. The van der Waals surface area contributed by atoms with Crippen molar-refractivity contribution in [2.45, 2.75) is 30.6 Å². The molecule has 7 heteroatoms. The summed E-state index contributed by atoms with van der Waals surface area (Å²) >= 11 is 0. The van der Waals surface area contributed by atoms with Crippen LogP contribution >= 0.6 is 0 Å². The summed E-state index contributed by atoms with van der Waals surface area (Å²) in [6.45, 7) is 3.32. The normalized spacial score (nSPS) is 19.4. The Bertz CT molecular complexity index is 770. The fraction of sp³-hybridized carbons (Fsp3) is 0.467. The molecule has 0 amide bonds. The van der Waals surface area contributed by atoms with Crippen LogP contribution in [0.4, 0.5) is 5.69 Å². The zero-order valence-corrected chi connectivity index (χ0v) is 13.5. The molecule has 1 atom stereocenters. The molecule has 1 aromatic carbocycles. The molecule has 1 aliphatic heterocycles. The van der Waals surface area contributed by atoms with Crippen molar-refractivity contribution >= 4 is 15.5 Å². The minimum absolute atomic E-state index is 0.141. The van der Waals surface area contributed by atoms with Crippen LogP contribution in [0.15, 0.2) is 33.7 Å². The number of aromatic nitrogens is 2. The highest BCUT2D eigenvalue weighted by Gasteiger charge is 2.28. The number of hydrogen-bond donors (Lipinski definition) is 0. The number of anilines is 1. The Morgan fingerprint density at radius 2 is 2.09 bits per heavy atom. The lowest BCUT2D eigenvalue weighted by Gasteiger charge is -2.33. The van der Waals surface area contributed by atoms with Gasteiger partial charge in [0.1, 0.15) is 0 Å². The smallest absolute Gasteiger partial charge is 0.231 e. The summed E-state index contributed by atoms with van der Waals surface area (Å²) in [7, 11) is -3.25. The van der Waals surface area contributed by atoms with Crippen LogP contribution in [-0.4, -0.2) is 37.9 Å². The van der Waals surface area contributed by atoms with Crippen molar-refractivity contribution in [1.29, 1.82) is 0 Å². The first-order valence-corrected chi connectivity index (χ1v) is 9.18. The summed E-state index contributed by atoms with van der Waals surface area (Å²) in [6.07, 6.45) is 3.18. The number of para-hydroxylation sites is 1. The lowest BCUT2D eigenvalue weighted by Crippen LogP contribution is -2.35. The maximum Gasteiger partial charge on any atom is 0.231 e. The molecule has 1 unspecified atom stereocenters. The van der Waals surface area contributed by atoms with E-state index in [0.29, 0.717) is 23.2 Å². The second kappa shape index (κ2) is 5.72. The Morgan fingerprint density at radius 1 is 1.32 bits per heavy atom. The van der Waals surface area contributed by atoms with Crippen LogP contribution in [0.2, 0.25) is 0 Å². The molecule has 2 heterocycles. The summed E-state index contributed by atoms with van der Waals surface area (Å²) in [6, 6.07) is 7.14. The van der Waals surface area contributed by atoms with Crippen molar-refractivity contribution < 1.29 is 12.9 Å². The Morgan fingerprint density at radius 3 is 2.77 bits per heavy atom. The largest absolute Gasteiger partial charge is 0.370 e. The zero-order valence-electron chi connectivity index (χ0n) is 12.7. The van der Waals surface area contributed by atoms with Crippen molar-refractivity contribution in [3.63, 3.8) is 0 Å². The first-order valence-electron chi connectivity index (χ1n) is 7.29. The average Bonchev–Trinajstić information content (AvgIpc) is 2.93. The Balaban J connectivity index is 1.90. The van der Waals surface area contributed by atoms with Crippen LogP contribution in [0.3, 0.4) is 0 Å². The van der Waals surface area contributed by atoms with Gasteiger partial charge in [0.05, 0.1) is 16.5 Å². The van der Waals surface area contributed by atoms with Crippen molar-refractivity contribution in [2.75, 3.05) is 24.2 Å². The van der Waals surface area contributed by atoms with Crippen molar-refractivity contribution in [3.05, 3.63) is 36.0 Å². The molecule has 1 saturated heterocycles.